The highest BCUT2D eigenvalue weighted by Crippen LogP contribution is 2.28. The largest absolute Gasteiger partial charge is 0.507 e. The van der Waals surface area contributed by atoms with Gasteiger partial charge in [-0.2, -0.15) is 0 Å². The third kappa shape index (κ3) is 9.43. The molecule has 1 saturated carbocycles. The van der Waals surface area contributed by atoms with Crippen molar-refractivity contribution >= 4 is 21.8 Å². The molecule has 1 aliphatic rings. The second-order valence-electron chi connectivity index (χ2n) is 11.4. The lowest BCUT2D eigenvalue weighted by Gasteiger charge is -2.31. The van der Waals surface area contributed by atoms with Crippen molar-refractivity contribution in [3.05, 3.63) is 59.7 Å². The molecule has 1 fully saturated rings. The number of hydrogen-bond donors (Lipinski definition) is 3. The second-order valence-corrected chi connectivity index (χ2v) is 13.7. The maximum absolute atomic E-state index is 14.0. The van der Waals surface area contributed by atoms with Crippen LogP contribution < -0.4 is 15.4 Å². The molecule has 3 rings (SSSR count). The van der Waals surface area contributed by atoms with Crippen LogP contribution in [0.5, 0.6) is 11.5 Å². The lowest BCUT2D eigenvalue weighted by Crippen LogP contribution is -2.55. The number of amides is 2. The predicted octanol–water partition coefficient (Wildman–Crippen LogP) is 4.63. The first-order valence-electron chi connectivity index (χ1n) is 13.8. The highest BCUT2D eigenvalue weighted by atomic mass is 32.2. The Morgan fingerprint density at radius 1 is 1.02 bits per heavy atom. The fraction of sp³-hybridized carbons (Fsp3) is 0.533. The number of hydrogen-bond acceptors (Lipinski definition) is 7. The molecule has 0 radical (unpaired) electrons. The molecule has 9 nitrogen and oxygen atoms in total. The number of ether oxygens (including phenoxy) is 2. The highest BCUT2D eigenvalue weighted by molar-refractivity contribution is 7.92. The summed E-state index contributed by atoms with van der Waals surface area (Å²) in [5, 5.41) is 14.5. The van der Waals surface area contributed by atoms with Crippen molar-refractivity contribution in [1.29, 1.82) is 0 Å². The molecule has 220 valence electrons. The van der Waals surface area contributed by atoms with Crippen LogP contribution in [0, 0.1) is 5.92 Å². The number of benzene rings is 2. The van der Waals surface area contributed by atoms with Crippen molar-refractivity contribution in [2.45, 2.75) is 76.2 Å². The summed E-state index contributed by atoms with van der Waals surface area (Å²) in [6.45, 7) is 4.97. The number of carbonyl (C=O) groups is 2. The van der Waals surface area contributed by atoms with Gasteiger partial charge in [-0.3, -0.25) is 4.79 Å². The third-order valence-electron chi connectivity index (χ3n) is 7.03. The molecule has 2 aromatic carbocycles. The number of nitrogens with one attached hydrogen (secondary N) is 2. The number of rotatable bonds is 11. The maximum Gasteiger partial charge on any atom is 0.407 e. The monoisotopic (exact) mass is 574 g/mol. The fourth-order valence-electron chi connectivity index (χ4n) is 5.02. The molecule has 0 bridgehead atoms. The van der Waals surface area contributed by atoms with E-state index in [1.165, 1.54) is 12.1 Å². The molecule has 40 heavy (non-hydrogen) atoms. The molecule has 2 atom stereocenters. The van der Waals surface area contributed by atoms with Crippen molar-refractivity contribution in [3.8, 4) is 11.5 Å². The van der Waals surface area contributed by atoms with Crippen LogP contribution in [0.2, 0.25) is 0 Å². The molecule has 0 spiro atoms. The number of alkyl carbamates (subject to hydrolysis) is 1. The molecular weight excluding hydrogens is 532 g/mol. The smallest absolute Gasteiger partial charge is 0.407 e. The standard InChI is InChI=1S/C30H42N2O7S/c1-30(2,3)39-29(35)32-25(19-31-28(34)24-12-8-9-13-26(24)33)27(18-21-14-16-23(38-4)17-15-21)40(36,37)20-22-10-6-5-7-11-22/h8-9,12-17,22,25,27,33H,5-7,10-11,18-20H2,1-4H3,(H,31,34)(H,32,35). The van der Waals surface area contributed by atoms with Gasteiger partial charge in [-0.1, -0.05) is 43.5 Å². The van der Waals surface area contributed by atoms with Gasteiger partial charge in [0, 0.05) is 6.54 Å². The number of carbonyl (C=O) groups excluding carboxylic acids is 2. The second kappa shape index (κ2) is 13.9. The zero-order valence-corrected chi connectivity index (χ0v) is 24.6. The van der Waals surface area contributed by atoms with Crippen molar-refractivity contribution in [2.24, 2.45) is 5.92 Å². The normalized spacial score (nSPS) is 16.0. The van der Waals surface area contributed by atoms with Gasteiger partial charge >= 0.3 is 6.09 Å². The molecule has 0 aliphatic heterocycles. The molecule has 0 saturated heterocycles. The summed E-state index contributed by atoms with van der Waals surface area (Å²) in [4.78, 5) is 25.8. The summed E-state index contributed by atoms with van der Waals surface area (Å²) in [6.07, 6.45) is 4.14. The first-order chi connectivity index (χ1) is 18.9. The zero-order chi connectivity index (χ0) is 29.3. The average molecular weight is 575 g/mol. The van der Waals surface area contributed by atoms with E-state index in [0.717, 1.165) is 37.7 Å². The summed E-state index contributed by atoms with van der Waals surface area (Å²) in [5.41, 5.74) is -0.00324. The van der Waals surface area contributed by atoms with Crippen LogP contribution in [0.1, 0.15) is 68.8 Å². The van der Waals surface area contributed by atoms with Crippen LogP contribution in [-0.2, 0) is 21.0 Å². The van der Waals surface area contributed by atoms with Gasteiger partial charge in [-0.15, -0.1) is 0 Å². The average Bonchev–Trinajstić information content (AvgIpc) is 2.89. The quantitative estimate of drug-likeness (QED) is 0.357. The Bertz CT molecular complexity index is 1230. The minimum atomic E-state index is -3.75. The van der Waals surface area contributed by atoms with Crippen molar-refractivity contribution in [1.82, 2.24) is 10.6 Å². The Morgan fingerprint density at radius 3 is 2.27 bits per heavy atom. The molecule has 2 aromatic rings. The van der Waals surface area contributed by atoms with Crippen LogP contribution in [0.4, 0.5) is 4.79 Å². The molecule has 0 aromatic heterocycles. The fourth-order valence-corrected chi connectivity index (χ4v) is 7.37. The van der Waals surface area contributed by atoms with E-state index in [-0.39, 0.29) is 35.9 Å². The molecule has 1 aliphatic carbocycles. The number of phenolic OH excluding ortho intramolecular Hbond substituents is 1. The van der Waals surface area contributed by atoms with E-state index in [1.54, 1.807) is 64.3 Å². The molecule has 3 N–H and O–H groups in total. The minimum absolute atomic E-state index is 0.00768. The van der Waals surface area contributed by atoms with Crippen molar-refractivity contribution in [2.75, 3.05) is 19.4 Å². The van der Waals surface area contributed by atoms with Gasteiger partial charge in [0.2, 0.25) is 0 Å². The van der Waals surface area contributed by atoms with E-state index in [0.29, 0.717) is 5.75 Å². The topological polar surface area (TPSA) is 131 Å². The maximum atomic E-state index is 14.0. The Hall–Kier alpha value is -3.27. The summed E-state index contributed by atoms with van der Waals surface area (Å²) >= 11 is 0. The van der Waals surface area contributed by atoms with Gasteiger partial charge in [0.15, 0.2) is 9.84 Å². The number of para-hydroxylation sites is 1. The predicted molar refractivity (Wildman–Crippen MR) is 154 cm³/mol. The molecule has 10 heteroatoms. The van der Waals surface area contributed by atoms with Crippen LogP contribution >= 0.6 is 0 Å². The van der Waals surface area contributed by atoms with E-state index >= 15 is 0 Å². The van der Waals surface area contributed by atoms with Gasteiger partial charge < -0.3 is 25.2 Å². The van der Waals surface area contributed by atoms with Crippen molar-refractivity contribution in [3.63, 3.8) is 0 Å². The molecule has 0 heterocycles. The van der Waals surface area contributed by atoms with E-state index in [1.807, 2.05) is 0 Å². The minimum Gasteiger partial charge on any atom is -0.507 e. The lowest BCUT2D eigenvalue weighted by molar-refractivity contribution is 0.0500. The van der Waals surface area contributed by atoms with Gasteiger partial charge in [-0.05, 0) is 75.8 Å². The van der Waals surface area contributed by atoms with E-state index in [4.69, 9.17) is 9.47 Å². The Kier molecular flexibility index (Phi) is 10.8. The Balaban J connectivity index is 1.94. The third-order valence-corrected chi connectivity index (χ3v) is 9.39. The van der Waals surface area contributed by atoms with Gasteiger partial charge in [0.25, 0.3) is 5.91 Å². The number of aromatic hydroxyl groups is 1. The van der Waals surface area contributed by atoms with E-state index < -0.39 is 38.7 Å². The first kappa shape index (κ1) is 31.3. The summed E-state index contributed by atoms with van der Waals surface area (Å²) in [6, 6.07) is 12.2. The lowest BCUT2D eigenvalue weighted by atomic mass is 9.91. The Labute approximate surface area is 237 Å². The van der Waals surface area contributed by atoms with Crippen LogP contribution in [0.15, 0.2) is 48.5 Å². The van der Waals surface area contributed by atoms with Crippen molar-refractivity contribution < 1.29 is 32.6 Å². The number of methoxy groups -OCH3 is 1. The van der Waals surface area contributed by atoms with Gasteiger partial charge in [-0.25, -0.2) is 13.2 Å². The van der Waals surface area contributed by atoms with Crippen LogP contribution in [-0.4, -0.2) is 61.8 Å². The first-order valence-corrected chi connectivity index (χ1v) is 15.5. The highest BCUT2D eigenvalue weighted by Gasteiger charge is 2.37. The zero-order valence-electron chi connectivity index (χ0n) is 23.8. The Morgan fingerprint density at radius 2 is 1.68 bits per heavy atom. The molecule has 2 unspecified atom stereocenters. The summed E-state index contributed by atoms with van der Waals surface area (Å²) in [7, 11) is -2.19. The number of phenols is 1. The molecular formula is C30H42N2O7S. The van der Waals surface area contributed by atoms with Crippen LogP contribution in [0.25, 0.3) is 0 Å². The SMILES string of the molecule is COc1ccc(CC(C(CNC(=O)c2ccccc2O)NC(=O)OC(C)(C)C)S(=O)(=O)CC2CCCCC2)cc1. The summed E-state index contributed by atoms with van der Waals surface area (Å²) in [5.74, 6) is -0.0783. The molecule has 2 amide bonds. The summed E-state index contributed by atoms with van der Waals surface area (Å²) < 4.78 is 38.8. The van der Waals surface area contributed by atoms with Gasteiger partial charge in [0.05, 0.1) is 29.7 Å². The van der Waals surface area contributed by atoms with Crippen LogP contribution in [0.3, 0.4) is 0 Å². The van der Waals surface area contributed by atoms with E-state index in [2.05, 4.69) is 10.6 Å². The number of sulfone groups is 1. The van der Waals surface area contributed by atoms with E-state index in [9.17, 15) is 23.1 Å². The van der Waals surface area contributed by atoms with Gasteiger partial charge in [0.1, 0.15) is 17.1 Å².